The monoisotopic (exact) mass is 816 g/mol. The Bertz CT molecular complexity index is 901. The van der Waals surface area contributed by atoms with Gasteiger partial charge in [0.1, 0.15) is 6.10 Å². The minimum atomic E-state index is -1.16. The molecule has 0 rings (SSSR count). The summed E-state index contributed by atoms with van der Waals surface area (Å²) in [5, 5.41) is 33.6. The molecule has 0 spiro atoms. The summed E-state index contributed by atoms with van der Waals surface area (Å²) in [6, 6.07) is -0.826. The van der Waals surface area contributed by atoms with Crippen molar-refractivity contribution < 1.29 is 20.1 Å². The van der Waals surface area contributed by atoms with E-state index in [0.29, 0.717) is 12.8 Å². The molecule has 0 aromatic carbocycles. The average Bonchev–Trinajstić information content (AvgIpc) is 3.23. The molecule has 58 heavy (non-hydrogen) atoms. The largest absolute Gasteiger partial charge is 0.394 e. The van der Waals surface area contributed by atoms with Crippen LogP contribution in [0.2, 0.25) is 0 Å². The molecule has 0 saturated heterocycles. The lowest BCUT2D eigenvalue weighted by Crippen LogP contribution is -2.50. The quantitative estimate of drug-likeness (QED) is 0.0364. The highest BCUT2D eigenvalue weighted by Crippen LogP contribution is 2.16. The number of rotatable bonds is 47. The third-order valence-electron chi connectivity index (χ3n) is 12.0. The van der Waals surface area contributed by atoms with Crippen LogP contribution in [0.4, 0.5) is 0 Å². The average molecular weight is 816 g/mol. The summed E-state index contributed by atoms with van der Waals surface area (Å²) in [7, 11) is 0. The molecule has 0 aliphatic heterocycles. The van der Waals surface area contributed by atoms with E-state index >= 15 is 0 Å². The van der Waals surface area contributed by atoms with Crippen molar-refractivity contribution >= 4 is 5.91 Å². The Balaban J connectivity index is 3.57. The van der Waals surface area contributed by atoms with E-state index in [1.165, 1.54) is 199 Å². The van der Waals surface area contributed by atoms with Crippen molar-refractivity contribution in [2.45, 2.75) is 289 Å². The third kappa shape index (κ3) is 42.7. The van der Waals surface area contributed by atoms with E-state index < -0.39 is 18.2 Å². The molecule has 0 bridgehead atoms. The van der Waals surface area contributed by atoms with Gasteiger partial charge < -0.3 is 20.6 Å². The molecule has 0 heterocycles. The number of nitrogens with one attached hydrogen (secondary N) is 1. The SMILES string of the molecule is CCCCCCCCCCC/C=C\C/C=C\CCCCCCCCCCCCCCCC(=O)NC(CO)C(O)C(O)CCC/C=C/CCCCCCCCCCCC. The van der Waals surface area contributed by atoms with E-state index in [1.54, 1.807) is 0 Å². The molecule has 0 saturated carbocycles. The van der Waals surface area contributed by atoms with Gasteiger partial charge in [0.25, 0.3) is 0 Å². The second-order valence-electron chi connectivity index (χ2n) is 17.7. The summed E-state index contributed by atoms with van der Waals surface area (Å²) in [6.07, 6.45) is 61.4. The number of amides is 1. The number of carbonyl (C=O) groups is 1. The summed E-state index contributed by atoms with van der Waals surface area (Å²) >= 11 is 0. The first-order valence-electron chi connectivity index (χ1n) is 25.8. The molecule has 1 amide bonds. The van der Waals surface area contributed by atoms with E-state index in [9.17, 15) is 20.1 Å². The Morgan fingerprint density at radius 2 is 0.741 bits per heavy atom. The highest BCUT2D eigenvalue weighted by molar-refractivity contribution is 5.76. The van der Waals surface area contributed by atoms with Crippen LogP contribution < -0.4 is 5.32 Å². The highest BCUT2D eigenvalue weighted by atomic mass is 16.3. The summed E-state index contributed by atoms with van der Waals surface area (Å²) in [5.41, 5.74) is 0. The van der Waals surface area contributed by atoms with Gasteiger partial charge in [-0.1, -0.05) is 230 Å². The van der Waals surface area contributed by atoms with Crippen molar-refractivity contribution in [1.29, 1.82) is 0 Å². The minimum Gasteiger partial charge on any atom is -0.394 e. The highest BCUT2D eigenvalue weighted by Gasteiger charge is 2.26. The summed E-state index contributed by atoms with van der Waals surface area (Å²) in [6.45, 7) is 4.18. The molecule has 0 aliphatic rings. The number of unbranched alkanes of at least 4 members (excludes halogenated alkanes) is 33. The predicted molar refractivity (Wildman–Crippen MR) is 254 cm³/mol. The van der Waals surface area contributed by atoms with Crippen molar-refractivity contribution in [2.75, 3.05) is 6.61 Å². The van der Waals surface area contributed by atoms with Crippen molar-refractivity contribution in [1.82, 2.24) is 5.32 Å². The van der Waals surface area contributed by atoms with E-state index in [0.717, 1.165) is 44.9 Å². The standard InChI is InChI=1S/C53H101NO4/c1-3-5-7-9-11-13-15-17-19-20-21-22-23-24-25-26-27-28-29-30-31-32-34-36-38-40-42-44-46-48-52(57)54-50(49-55)53(58)51(56)47-45-43-41-39-37-35-33-18-16-14-12-10-8-6-4-2/h21-22,24-25,39,41,50-51,53,55-56,58H,3-20,23,26-38,40,42-49H2,1-2H3,(H,54,57)/b22-21-,25-24-,41-39+. The second-order valence-corrected chi connectivity index (χ2v) is 17.7. The third-order valence-corrected chi connectivity index (χ3v) is 12.0. The van der Waals surface area contributed by atoms with Crippen LogP contribution in [0.5, 0.6) is 0 Å². The molecule has 0 aromatic rings. The van der Waals surface area contributed by atoms with Crippen LogP contribution >= 0.6 is 0 Å². The first-order valence-corrected chi connectivity index (χ1v) is 25.8. The molecule has 3 atom stereocenters. The lowest BCUT2D eigenvalue weighted by atomic mass is 10.0. The number of aliphatic hydroxyl groups is 3. The zero-order valence-corrected chi connectivity index (χ0v) is 38.9. The van der Waals surface area contributed by atoms with Gasteiger partial charge in [-0.2, -0.15) is 0 Å². The molecule has 5 heteroatoms. The van der Waals surface area contributed by atoms with Crippen LogP contribution in [-0.2, 0) is 4.79 Å². The molecule has 0 aromatic heterocycles. The van der Waals surface area contributed by atoms with Crippen molar-refractivity contribution in [3.63, 3.8) is 0 Å². The van der Waals surface area contributed by atoms with Gasteiger partial charge in [-0.15, -0.1) is 0 Å². The van der Waals surface area contributed by atoms with Gasteiger partial charge in [-0.05, 0) is 70.6 Å². The van der Waals surface area contributed by atoms with Crippen molar-refractivity contribution in [3.8, 4) is 0 Å². The first kappa shape index (κ1) is 56.6. The van der Waals surface area contributed by atoms with Crippen LogP contribution in [0.25, 0.3) is 0 Å². The normalized spacial score (nSPS) is 13.7. The smallest absolute Gasteiger partial charge is 0.220 e. The zero-order valence-electron chi connectivity index (χ0n) is 38.9. The summed E-state index contributed by atoms with van der Waals surface area (Å²) in [5.74, 6) is -0.154. The van der Waals surface area contributed by atoms with Gasteiger partial charge in [0.05, 0.1) is 18.8 Å². The molecule has 0 radical (unpaired) electrons. The van der Waals surface area contributed by atoms with Gasteiger partial charge in [0.2, 0.25) is 5.91 Å². The maximum atomic E-state index is 12.5. The minimum absolute atomic E-state index is 0.154. The Labute approximate surface area is 362 Å². The fraction of sp³-hybridized carbons (Fsp3) is 0.868. The van der Waals surface area contributed by atoms with Crippen LogP contribution in [-0.4, -0.2) is 46.1 Å². The van der Waals surface area contributed by atoms with Crippen molar-refractivity contribution in [2.24, 2.45) is 0 Å². The fourth-order valence-electron chi connectivity index (χ4n) is 7.96. The van der Waals surface area contributed by atoms with Gasteiger partial charge in [0, 0.05) is 6.42 Å². The molecule has 0 aliphatic carbocycles. The topological polar surface area (TPSA) is 89.8 Å². The number of aliphatic hydroxyl groups excluding tert-OH is 3. The molecule has 4 N–H and O–H groups in total. The zero-order chi connectivity index (χ0) is 42.3. The Kier molecular flexibility index (Phi) is 47.0. The lowest BCUT2D eigenvalue weighted by molar-refractivity contribution is -0.124. The second kappa shape index (κ2) is 48.2. The number of carbonyl (C=O) groups excluding carboxylic acids is 1. The van der Waals surface area contributed by atoms with E-state index in [2.05, 4.69) is 55.6 Å². The summed E-state index contributed by atoms with van der Waals surface area (Å²) < 4.78 is 0. The van der Waals surface area contributed by atoms with Gasteiger partial charge >= 0.3 is 0 Å². The van der Waals surface area contributed by atoms with Gasteiger partial charge in [0.15, 0.2) is 0 Å². The number of allylic oxidation sites excluding steroid dienone is 6. The Hall–Kier alpha value is -1.43. The van der Waals surface area contributed by atoms with Crippen LogP contribution in [0.3, 0.4) is 0 Å². The fourth-order valence-corrected chi connectivity index (χ4v) is 7.96. The molecule has 0 fully saturated rings. The van der Waals surface area contributed by atoms with Gasteiger partial charge in [-0.25, -0.2) is 0 Å². The molecular weight excluding hydrogens is 715 g/mol. The van der Waals surface area contributed by atoms with Crippen LogP contribution in [0.15, 0.2) is 36.5 Å². The predicted octanol–water partition coefficient (Wildman–Crippen LogP) is 15.5. The molecule has 3 unspecified atom stereocenters. The van der Waals surface area contributed by atoms with E-state index in [4.69, 9.17) is 0 Å². The summed E-state index contributed by atoms with van der Waals surface area (Å²) in [4.78, 5) is 12.5. The molecule has 5 nitrogen and oxygen atoms in total. The van der Waals surface area contributed by atoms with Crippen LogP contribution in [0, 0.1) is 0 Å². The first-order chi connectivity index (χ1) is 28.6. The van der Waals surface area contributed by atoms with Crippen LogP contribution in [0.1, 0.15) is 271 Å². The Morgan fingerprint density at radius 1 is 0.431 bits per heavy atom. The number of hydrogen-bond acceptors (Lipinski definition) is 4. The Morgan fingerprint density at radius 3 is 1.10 bits per heavy atom. The van der Waals surface area contributed by atoms with E-state index in [1.807, 2.05) is 0 Å². The maximum absolute atomic E-state index is 12.5. The van der Waals surface area contributed by atoms with Crippen molar-refractivity contribution in [3.05, 3.63) is 36.5 Å². The van der Waals surface area contributed by atoms with E-state index in [-0.39, 0.29) is 12.5 Å². The molecule has 342 valence electrons. The maximum Gasteiger partial charge on any atom is 0.220 e. The molecular formula is C53H101NO4. The van der Waals surface area contributed by atoms with Gasteiger partial charge in [-0.3, -0.25) is 4.79 Å². The number of hydrogen-bond donors (Lipinski definition) is 4. The lowest BCUT2D eigenvalue weighted by Gasteiger charge is -2.26.